The summed E-state index contributed by atoms with van der Waals surface area (Å²) >= 11 is 0. The number of nitrogens with two attached hydrogens (primary N) is 1. The molecule has 0 spiro atoms. The zero-order valence-electron chi connectivity index (χ0n) is 12.7. The molecule has 1 aromatic carbocycles. The Morgan fingerprint density at radius 1 is 1.00 bits per heavy atom. The molecule has 2 aliphatic heterocycles. The van der Waals surface area contributed by atoms with Crippen LogP contribution in [0.25, 0.3) is 0 Å². The fourth-order valence-electron chi connectivity index (χ4n) is 3.35. The number of anilines is 1. The number of benzene rings is 1. The van der Waals surface area contributed by atoms with Crippen LogP contribution in [0.3, 0.4) is 0 Å². The Kier molecular flexibility index (Phi) is 7.46. The fraction of sp³-hybridized carbons (Fsp3) is 0.562. The van der Waals surface area contributed by atoms with Gasteiger partial charge in [-0.3, -0.25) is 9.69 Å². The van der Waals surface area contributed by atoms with Gasteiger partial charge in [-0.15, -0.1) is 24.8 Å². The minimum absolute atomic E-state index is 0. The van der Waals surface area contributed by atoms with Crippen molar-refractivity contribution in [1.29, 1.82) is 0 Å². The van der Waals surface area contributed by atoms with Crippen molar-refractivity contribution < 1.29 is 4.79 Å². The van der Waals surface area contributed by atoms with E-state index in [4.69, 9.17) is 5.73 Å². The summed E-state index contributed by atoms with van der Waals surface area (Å²) in [5, 5.41) is 0. The van der Waals surface area contributed by atoms with Crippen molar-refractivity contribution in [3.63, 3.8) is 0 Å². The zero-order chi connectivity index (χ0) is 13.9. The largest absolute Gasteiger partial charge is 0.399 e. The molecule has 0 radical (unpaired) electrons. The van der Waals surface area contributed by atoms with Gasteiger partial charge in [0.25, 0.3) is 5.91 Å². The van der Waals surface area contributed by atoms with Crippen molar-refractivity contribution in [3.05, 3.63) is 29.8 Å². The molecule has 2 saturated heterocycles. The van der Waals surface area contributed by atoms with Crippen LogP contribution in [-0.2, 0) is 0 Å². The predicted octanol–water partition coefficient (Wildman–Crippen LogP) is 2.81. The summed E-state index contributed by atoms with van der Waals surface area (Å²) in [5.41, 5.74) is 7.13. The third-order valence-corrected chi connectivity index (χ3v) is 4.50. The van der Waals surface area contributed by atoms with E-state index in [-0.39, 0.29) is 30.7 Å². The molecule has 0 aliphatic carbocycles. The van der Waals surface area contributed by atoms with E-state index in [1.165, 1.54) is 32.4 Å². The maximum Gasteiger partial charge on any atom is 0.253 e. The number of amides is 1. The molecule has 1 amide bonds. The number of nitrogen functional groups attached to an aromatic ring is 1. The van der Waals surface area contributed by atoms with Crippen LogP contribution in [0.4, 0.5) is 5.69 Å². The highest BCUT2D eigenvalue weighted by molar-refractivity contribution is 5.94. The first-order chi connectivity index (χ1) is 9.74. The smallest absolute Gasteiger partial charge is 0.253 e. The number of carbonyl (C=O) groups is 1. The summed E-state index contributed by atoms with van der Waals surface area (Å²) in [7, 11) is 0. The second-order valence-electron chi connectivity index (χ2n) is 5.91. The van der Waals surface area contributed by atoms with E-state index in [0.717, 1.165) is 25.1 Å². The van der Waals surface area contributed by atoms with Crippen LogP contribution in [0.15, 0.2) is 24.3 Å². The van der Waals surface area contributed by atoms with Gasteiger partial charge in [0.2, 0.25) is 0 Å². The monoisotopic (exact) mass is 345 g/mol. The Balaban J connectivity index is 0.00000121. The van der Waals surface area contributed by atoms with Gasteiger partial charge in [0, 0.05) is 30.4 Å². The van der Waals surface area contributed by atoms with Gasteiger partial charge in [0.1, 0.15) is 0 Å². The molecule has 1 aromatic rings. The van der Waals surface area contributed by atoms with Gasteiger partial charge in [-0.05, 0) is 63.0 Å². The number of likely N-dealkylation sites (tertiary alicyclic amines) is 2. The van der Waals surface area contributed by atoms with E-state index >= 15 is 0 Å². The third-order valence-electron chi connectivity index (χ3n) is 4.50. The van der Waals surface area contributed by atoms with Crippen LogP contribution in [-0.4, -0.2) is 47.9 Å². The number of hydrogen-bond donors (Lipinski definition) is 1. The van der Waals surface area contributed by atoms with Gasteiger partial charge in [-0.25, -0.2) is 0 Å². The van der Waals surface area contributed by atoms with Gasteiger partial charge in [0.05, 0.1) is 0 Å². The van der Waals surface area contributed by atoms with E-state index < -0.39 is 0 Å². The Bertz CT molecular complexity index is 475. The molecule has 0 saturated carbocycles. The summed E-state index contributed by atoms with van der Waals surface area (Å²) in [6.07, 6.45) is 4.96. The number of rotatable bonds is 2. The van der Waals surface area contributed by atoms with E-state index in [9.17, 15) is 4.79 Å². The minimum atomic E-state index is 0. The van der Waals surface area contributed by atoms with Gasteiger partial charge >= 0.3 is 0 Å². The van der Waals surface area contributed by atoms with E-state index in [1.54, 1.807) is 12.1 Å². The molecule has 0 bridgehead atoms. The van der Waals surface area contributed by atoms with Crippen molar-refractivity contribution >= 4 is 36.4 Å². The number of halogens is 2. The number of piperidine rings is 1. The van der Waals surface area contributed by atoms with Crippen molar-refractivity contribution in [3.8, 4) is 0 Å². The molecular weight excluding hydrogens is 321 g/mol. The fourth-order valence-corrected chi connectivity index (χ4v) is 3.35. The highest BCUT2D eigenvalue weighted by atomic mass is 35.5. The molecule has 1 atom stereocenters. The second-order valence-corrected chi connectivity index (χ2v) is 5.91. The van der Waals surface area contributed by atoms with Crippen LogP contribution in [0.5, 0.6) is 0 Å². The molecule has 2 heterocycles. The first-order valence-corrected chi connectivity index (χ1v) is 7.63. The summed E-state index contributed by atoms with van der Waals surface area (Å²) < 4.78 is 0. The van der Waals surface area contributed by atoms with E-state index in [2.05, 4.69) is 4.90 Å². The lowest BCUT2D eigenvalue weighted by molar-refractivity contribution is 0.0608. The number of hydrogen-bond acceptors (Lipinski definition) is 3. The van der Waals surface area contributed by atoms with Gasteiger partial charge in [-0.1, -0.05) is 0 Å². The molecule has 2 aliphatic rings. The second kappa shape index (κ2) is 8.61. The number of nitrogens with zero attached hydrogens (tertiary/aromatic N) is 2. The van der Waals surface area contributed by atoms with Crippen LogP contribution in [0, 0.1) is 0 Å². The first-order valence-electron chi connectivity index (χ1n) is 7.63. The Hall–Kier alpha value is -0.970. The van der Waals surface area contributed by atoms with Gasteiger partial charge in [0.15, 0.2) is 0 Å². The molecule has 2 N–H and O–H groups in total. The SMILES string of the molecule is Cl.Cl.Nc1ccc(C(=O)N2CCCC(N3CCCC3)C2)cc1. The highest BCUT2D eigenvalue weighted by Gasteiger charge is 2.29. The Labute approximate surface area is 144 Å². The lowest BCUT2D eigenvalue weighted by Crippen LogP contribution is -2.48. The normalized spacial score (nSPS) is 21.8. The van der Waals surface area contributed by atoms with Crippen LogP contribution in [0.2, 0.25) is 0 Å². The highest BCUT2D eigenvalue weighted by Crippen LogP contribution is 2.21. The Morgan fingerprint density at radius 2 is 1.64 bits per heavy atom. The van der Waals surface area contributed by atoms with Crippen LogP contribution >= 0.6 is 24.8 Å². The minimum Gasteiger partial charge on any atom is -0.399 e. The molecule has 2 fully saturated rings. The van der Waals surface area contributed by atoms with Gasteiger partial charge in [-0.2, -0.15) is 0 Å². The zero-order valence-corrected chi connectivity index (χ0v) is 14.4. The first kappa shape index (κ1) is 19.1. The van der Waals surface area contributed by atoms with E-state index in [0.29, 0.717) is 11.7 Å². The maximum atomic E-state index is 12.5. The molecule has 124 valence electrons. The topological polar surface area (TPSA) is 49.6 Å². The molecule has 22 heavy (non-hydrogen) atoms. The van der Waals surface area contributed by atoms with E-state index in [1.807, 2.05) is 17.0 Å². The molecule has 3 rings (SSSR count). The number of carbonyl (C=O) groups excluding carboxylic acids is 1. The average molecular weight is 346 g/mol. The lowest BCUT2D eigenvalue weighted by atomic mass is 10.0. The predicted molar refractivity (Wildman–Crippen MR) is 95.1 cm³/mol. The summed E-state index contributed by atoms with van der Waals surface area (Å²) in [5.74, 6) is 0.147. The average Bonchev–Trinajstić information content (AvgIpc) is 3.02. The molecule has 6 heteroatoms. The van der Waals surface area contributed by atoms with Crippen molar-refractivity contribution in [1.82, 2.24) is 9.80 Å². The molecular formula is C16H25Cl2N3O. The van der Waals surface area contributed by atoms with Crippen molar-refractivity contribution in [2.75, 3.05) is 31.9 Å². The van der Waals surface area contributed by atoms with Crippen LogP contribution < -0.4 is 5.73 Å². The third kappa shape index (κ3) is 4.28. The summed E-state index contributed by atoms with van der Waals surface area (Å²) in [6, 6.07) is 7.82. The molecule has 1 unspecified atom stereocenters. The Morgan fingerprint density at radius 3 is 2.27 bits per heavy atom. The summed E-state index contributed by atoms with van der Waals surface area (Å²) in [4.78, 5) is 17.1. The lowest BCUT2D eigenvalue weighted by Gasteiger charge is -2.37. The summed E-state index contributed by atoms with van der Waals surface area (Å²) in [6.45, 7) is 4.17. The quantitative estimate of drug-likeness (QED) is 0.838. The van der Waals surface area contributed by atoms with Gasteiger partial charge < -0.3 is 10.6 Å². The standard InChI is InChI=1S/C16H23N3O.2ClH/c17-14-7-5-13(6-8-14)16(20)19-11-3-4-15(12-19)18-9-1-2-10-18;;/h5-8,15H,1-4,9-12,17H2;2*1H. The molecule has 0 aromatic heterocycles. The van der Waals surface area contributed by atoms with Crippen molar-refractivity contribution in [2.24, 2.45) is 0 Å². The van der Waals surface area contributed by atoms with Crippen LogP contribution in [0.1, 0.15) is 36.0 Å². The maximum absolute atomic E-state index is 12.5. The molecule has 4 nitrogen and oxygen atoms in total. The van der Waals surface area contributed by atoms with Crippen molar-refractivity contribution in [2.45, 2.75) is 31.7 Å².